The topological polar surface area (TPSA) is 60.5 Å². The van der Waals surface area contributed by atoms with Crippen LogP contribution >= 0.6 is 0 Å². The van der Waals surface area contributed by atoms with Crippen molar-refractivity contribution in [2.75, 3.05) is 20.8 Å². The number of nitrogens with zero attached hydrogens (tertiary/aromatic N) is 1. The van der Waals surface area contributed by atoms with Crippen molar-refractivity contribution in [1.29, 1.82) is 0 Å². The Hall–Kier alpha value is -3.86. The highest BCUT2D eigenvalue weighted by molar-refractivity contribution is 6.08. The summed E-state index contributed by atoms with van der Waals surface area (Å²) >= 11 is 0. The molecule has 32 heavy (non-hydrogen) atoms. The highest BCUT2D eigenvalue weighted by Gasteiger charge is 2.18. The number of rotatable bonds is 7. The van der Waals surface area contributed by atoms with E-state index >= 15 is 0 Å². The van der Waals surface area contributed by atoms with Crippen LogP contribution in [0.3, 0.4) is 0 Å². The quantitative estimate of drug-likeness (QED) is 0.441. The first kappa shape index (κ1) is 21.4. The first-order chi connectivity index (χ1) is 15.6. The zero-order chi connectivity index (χ0) is 22.5. The zero-order valence-corrected chi connectivity index (χ0v) is 18.5. The lowest BCUT2D eigenvalue weighted by atomic mass is 9.97. The van der Waals surface area contributed by atoms with E-state index in [1.165, 1.54) is 0 Å². The fraction of sp³-hybridized carbons (Fsp3) is 0.185. The summed E-state index contributed by atoms with van der Waals surface area (Å²) < 4.78 is 10.7. The number of methoxy groups -OCH3 is 2. The van der Waals surface area contributed by atoms with Crippen molar-refractivity contribution in [3.05, 3.63) is 89.5 Å². The van der Waals surface area contributed by atoms with Crippen molar-refractivity contribution < 1.29 is 14.3 Å². The molecular weight excluding hydrogens is 400 g/mol. The van der Waals surface area contributed by atoms with Gasteiger partial charge in [0, 0.05) is 17.5 Å². The number of hydrogen-bond donors (Lipinski definition) is 1. The van der Waals surface area contributed by atoms with E-state index in [4.69, 9.17) is 14.5 Å². The van der Waals surface area contributed by atoms with Crippen LogP contribution in [0.15, 0.2) is 72.8 Å². The fourth-order valence-electron chi connectivity index (χ4n) is 3.92. The van der Waals surface area contributed by atoms with E-state index in [1.54, 1.807) is 14.2 Å². The van der Waals surface area contributed by atoms with E-state index in [1.807, 2.05) is 79.7 Å². The minimum atomic E-state index is -0.0984. The number of pyridine rings is 1. The Labute approximate surface area is 188 Å². The average molecular weight is 427 g/mol. The van der Waals surface area contributed by atoms with Crippen molar-refractivity contribution >= 4 is 16.8 Å². The van der Waals surface area contributed by atoms with E-state index in [0.29, 0.717) is 30.0 Å². The monoisotopic (exact) mass is 426 g/mol. The minimum Gasteiger partial charge on any atom is -0.493 e. The van der Waals surface area contributed by atoms with Crippen LogP contribution in [-0.2, 0) is 6.42 Å². The Bertz CT molecular complexity index is 1250. The number of para-hydroxylation sites is 1. The SMILES string of the molecule is COc1ccc(CCNC(=O)c2c(C)c(-c3ccccc3)nc3ccccc23)cc1OC. The molecule has 0 fully saturated rings. The second kappa shape index (κ2) is 9.52. The minimum absolute atomic E-state index is 0.0984. The van der Waals surface area contributed by atoms with E-state index in [0.717, 1.165) is 33.3 Å². The van der Waals surface area contributed by atoms with Gasteiger partial charge in [0.25, 0.3) is 5.91 Å². The van der Waals surface area contributed by atoms with Gasteiger partial charge >= 0.3 is 0 Å². The molecule has 0 unspecified atom stereocenters. The molecule has 4 rings (SSSR count). The van der Waals surface area contributed by atoms with Gasteiger partial charge in [-0.25, -0.2) is 4.98 Å². The van der Waals surface area contributed by atoms with Gasteiger partial charge in [-0.05, 0) is 42.7 Å². The number of carbonyl (C=O) groups excluding carboxylic acids is 1. The average Bonchev–Trinajstić information content (AvgIpc) is 2.84. The molecule has 1 amide bonds. The molecule has 1 heterocycles. The molecule has 5 heteroatoms. The molecule has 0 spiro atoms. The number of hydrogen-bond acceptors (Lipinski definition) is 4. The maximum Gasteiger partial charge on any atom is 0.252 e. The van der Waals surface area contributed by atoms with Gasteiger partial charge in [0.2, 0.25) is 0 Å². The summed E-state index contributed by atoms with van der Waals surface area (Å²) in [5.41, 5.74) is 5.23. The van der Waals surface area contributed by atoms with Crippen LogP contribution in [0, 0.1) is 6.92 Å². The van der Waals surface area contributed by atoms with Gasteiger partial charge < -0.3 is 14.8 Å². The van der Waals surface area contributed by atoms with Crippen LogP contribution in [0.5, 0.6) is 11.5 Å². The number of carbonyl (C=O) groups is 1. The molecule has 0 aliphatic carbocycles. The number of nitrogens with one attached hydrogen (secondary N) is 1. The summed E-state index contributed by atoms with van der Waals surface area (Å²) in [6, 6.07) is 23.5. The third kappa shape index (κ3) is 4.28. The fourth-order valence-corrected chi connectivity index (χ4v) is 3.92. The van der Waals surface area contributed by atoms with Gasteiger partial charge in [0.05, 0.1) is 31.0 Å². The van der Waals surface area contributed by atoms with Crippen LogP contribution in [-0.4, -0.2) is 31.7 Å². The maximum absolute atomic E-state index is 13.3. The molecule has 1 N–H and O–H groups in total. The highest BCUT2D eigenvalue weighted by Crippen LogP contribution is 2.30. The van der Waals surface area contributed by atoms with Crippen LogP contribution in [0.4, 0.5) is 0 Å². The smallest absolute Gasteiger partial charge is 0.252 e. The molecule has 5 nitrogen and oxygen atoms in total. The van der Waals surface area contributed by atoms with Crippen molar-refractivity contribution in [3.8, 4) is 22.8 Å². The standard InChI is InChI=1S/C27H26N2O3/c1-18-25(27(30)28-16-15-19-13-14-23(31-2)24(17-19)32-3)21-11-7-8-12-22(21)29-26(18)20-9-5-4-6-10-20/h4-14,17H,15-16H2,1-3H3,(H,28,30). The summed E-state index contributed by atoms with van der Waals surface area (Å²) in [7, 11) is 3.23. The van der Waals surface area contributed by atoms with E-state index in [-0.39, 0.29) is 5.91 Å². The number of ether oxygens (including phenoxy) is 2. The second-order valence-corrected chi connectivity index (χ2v) is 7.54. The predicted octanol–water partition coefficient (Wildman–Crippen LogP) is 5.20. The normalized spacial score (nSPS) is 10.7. The van der Waals surface area contributed by atoms with E-state index in [9.17, 15) is 4.79 Å². The van der Waals surface area contributed by atoms with Crippen LogP contribution in [0.1, 0.15) is 21.5 Å². The lowest BCUT2D eigenvalue weighted by molar-refractivity contribution is 0.0955. The molecular formula is C27H26N2O3. The van der Waals surface area contributed by atoms with Crippen molar-refractivity contribution in [2.24, 2.45) is 0 Å². The number of fused-ring (bicyclic) bond motifs is 1. The molecule has 1 aromatic heterocycles. The Morgan fingerprint density at radius 3 is 2.38 bits per heavy atom. The number of benzene rings is 3. The van der Waals surface area contributed by atoms with Crippen LogP contribution in [0.25, 0.3) is 22.2 Å². The van der Waals surface area contributed by atoms with Crippen LogP contribution in [0.2, 0.25) is 0 Å². The third-order valence-corrected chi connectivity index (χ3v) is 5.56. The highest BCUT2D eigenvalue weighted by atomic mass is 16.5. The van der Waals surface area contributed by atoms with Gasteiger partial charge in [-0.2, -0.15) is 0 Å². The van der Waals surface area contributed by atoms with Gasteiger partial charge in [-0.3, -0.25) is 4.79 Å². The molecule has 0 radical (unpaired) electrons. The zero-order valence-electron chi connectivity index (χ0n) is 18.5. The molecule has 0 aliphatic heterocycles. The molecule has 0 atom stereocenters. The molecule has 0 saturated heterocycles. The molecule has 162 valence electrons. The Morgan fingerprint density at radius 2 is 1.62 bits per heavy atom. The Kier molecular flexibility index (Phi) is 6.36. The lowest BCUT2D eigenvalue weighted by Gasteiger charge is -2.15. The molecule has 0 bridgehead atoms. The van der Waals surface area contributed by atoms with Gasteiger partial charge in [0.1, 0.15) is 0 Å². The van der Waals surface area contributed by atoms with Gasteiger partial charge in [0.15, 0.2) is 11.5 Å². The molecule has 3 aromatic carbocycles. The summed E-state index contributed by atoms with van der Waals surface area (Å²) in [6.45, 7) is 2.47. The summed E-state index contributed by atoms with van der Waals surface area (Å²) in [4.78, 5) is 18.1. The van der Waals surface area contributed by atoms with Crippen LogP contribution < -0.4 is 14.8 Å². The van der Waals surface area contributed by atoms with Crippen molar-refractivity contribution in [2.45, 2.75) is 13.3 Å². The lowest BCUT2D eigenvalue weighted by Crippen LogP contribution is -2.27. The number of amides is 1. The Balaban J connectivity index is 1.60. The van der Waals surface area contributed by atoms with Gasteiger partial charge in [-0.15, -0.1) is 0 Å². The first-order valence-electron chi connectivity index (χ1n) is 10.6. The van der Waals surface area contributed by atoms with E-state index in [2.05, 4.69) is 5.32 Å². The predicted molar refractivity (Wildman–Crippen MR) is 127 cm³/mol. The molecule has 0 aliphatic rings. The molecule has 4 aromatic rings. The van der Waals surface area contributed by atoms with Crippen molar-refractivity contribution in [3.63, 3.8) is 0 Å². The Morgan fingerprint density at radius 1 is 0.906 bits per heavy atom. The summed E-state index contributed by atoms with van der Waals surface area (Å²) in [6.07, 6.45) is 0.680. The van der Waals surface area contributed by atoms with Crippen molar-refractivity contribution in [1.82, 2.24) is 10.3 Å². The largest absolute Gasteiger partial charge is 0.493 e. The molecule has 0 saturated carbocycles. The maximum atomic E-state index is 13.3. The summed E-state index contributed by atoms with van der Waals surface area (Å²) in [5, 5.41) is 3.94. The summed E-state index contributed by atoms with van der Waals surface area (Å²) in [5.74, 6) is 1.27. The van der Waals surface area contributed by atoms with Gasteiger partial charge in [-0.1, -0.05) is 54.6 Å². The number of aromatic nitrogens is 1. The third-order valence-electron chi connectivity index (χ3n) is 5.56. The first-order valence-corrected chi connectivity index (χ1v) is 10.6. The second-order valence-electron chi connectivity index (χ2n) is 7.54. The van der Waals surface area contributed by atoms with E-state index < -0.39 is 0 Å².